The van der Waals surface area contributed by atoms with Gasteiger partial charge in [0.1, 0.15) is 17.5 Å². The van der Waals surface area contributed by atoms with Crippen molar-refractivity contribution in [1.29, 1.82) is 0 Å². The number of ether oxygens (including phenoxy) is 2. The average molecular weight is 552 g/mol. The lowest BCUT2D eigenvalue weighted by atomic mass is 9.95. The first-order valence-corrected chi connectivity index (χ1v) is 12.9. The highest BCUT2D eigenvalue weighted by Gasteiger charge is 2.30. The third-order valence-electron chi connectivity index (χ3n) is 6.07. The summed E-state index contributed by atoms with van der Waals surface area (Å²) >= 11 is 9.61. The standard InChI is InChI=1S/C26H32BrClN2O4/c1-3-23(26(32)29-20-9-5-4-6-10-20)30(16-18-8-7-11-21(14-18)33-2)25(31)17-34-24-13-12-19(27)15-22(24)28/h7-8,11-15,20,23H,3-6,9-10,16-17H2,1-2H3,(H,29,32). The quantitative estimate of drug-likeness (QED) is 0.408. The van der Waals surface area contributed by atoms with E-state index in [4.69, 9.17) is 21.1 Å². The molecule has 2 aromatic rings. The number of rotatable bonds is 10. The molecule has 6 nitrogen and oxygen atoms in total. The first kappa shape index (κ1) is 26.4. The van der Waals surface area contributed by atoms with Gasteiger partial charge in [-0.3, -0.25) is 9.59 Å². The molecule has 0 spiro atoms. The second-order valence-electron chi connectivity index (χ2n) is 8.50. The van der Waals surface area contributed by atoms with E-state index in [0.717, 1.165) is 35.7 Å². The Morgan fingerprint density at radius 1 is 1.18 bits per heavy atom. The summed E-state index contributed by atoms with van der Waals surface area (Å²) in [7, 11) is 1.60. The number of hydrogen-bond acceptors (Lipinski definition) is 4. The van der Waals surface area contributed by atoms with E-state index >= 15 is 0 Å². The van der Waals surface area contributed by atoms with Gasteiger partial charge in [0.25, 0.3) is 5.91 Å². The van der Waals surface area contributed by atoms with E-state index in [1.807, 2.05) is 31.2 Å². The molecule has 1 fully saturated rings. The van der Waals surface area contributed by atoms with Crippen LogP contribution in [0.5, 0.6) is 11.5 Å². The van der Waals surface area contributed by atoms with Crippen LogP contribution < -0.4 is 14.8 Å². The van der Waals surface area contributed by atoms with Crippen LogP contribution in [0.1, 0.15) is 51.0 Å². The smallest absolute Gasteiger partial charge is 0.261 e. The topological polar surface area (TPSA) is 67.9 Å². The van der Waals surface area contributed by atoms with Gasteiger partial charge in [-0.25, -0.2) is 0 Å². The van der Waals surface area contributed by atoms with Crippen molar-refractivity contribution in [1.82, 2.24) is 10.2 Å². The monoisotopic (exact) mass is 550 g/mol. The highest BCUT2D eigenvalue weighted by molar-refractivity contribution is 9.10. The van der Waals surface area contributed by atoms with Gasteiger partial charge < -0.3 is 19.7 Å². The van der Waals surface area contributed by atoms with Crippen molar-refractivity contribution in [2.75, 3.05) is 13.7 Å². The van der Waals surface area contributed by atoms with E-state index in [1.54, 1.807) is 30.2 Å². The maximum absolute atomic E-state index is 13.4. The molecule has 2 amide bonds. The SMILES string of the molecule is CCC(C(=O)NC1CCCCC1)N(Cc1cccc(OC)c1)C(=O)COc1ccc(Br)cc1Cl. The normalized spacial score (nSPS) is 14.8. The number of methoxy groups -OCH3 is 1. The second kappa shape index (κ2) is 13.0. The molecule has 0 radical (unpaired) electrons. The highest BCUT2D eigenvalue weighted by atomic mass is 79.9. The zero-order valence-electron chi connectivity index (χ0n) is 19.7. The molecule has 1 aliphatic carbocycles. The molecule has 184 valence electrons. The molecule has 1 saturated carbocycles. The molecule has 3 rings (SSSR count). The summed E-state index contributed by atoms with van der Waals surface area (Å²) in [6.07, 6.45) is 5.91. The summed E-state index contributed by atoms with van der Waals surface area (Å²) in [5.74, 6) is 0.710. The van der Waals surface area contributed by atoms with Crippen LogP contribution in [0.4, 0.5) is 0 Å². The third-order valence-corrected chi connectivity index (χ3v) is 6.86. The fourth-order valence-corrected chi connectivity index (χ4v) is 4.97. The van der Waals surface area contributed by atoms with Crippen LogP contribution in [0, 0.1) is 0 Å². The number of amides is 2. The van der Waals surface area contributed by atoms with Crippen molar-refractivity contribution in [2.24, 2.45) is 0 Å². The van der Waals surface area contributed by atoms with Crippen LogP contribution in [-0.4, -0.2) is 42.5 Å². The molecule has 0 aromatic heterocycles. The molecule has 8 heteroatoms. The molecule has 0 heterocycles. The molecular formula is C26H32BrClN2O4. The Bertz CT molecular complexity index is 981. The van der Waals surface area contributed by atoms with Gasteiger partial charge in [-0.2, -0.15) is 0 Å². The van der Waals surface area contributed by atoms with Crippen molar-refractivity contribution in [2.45, 2.75) is 64.1 Å². The lowest BCUT2D eigenvalue weighted by Gasteiger charge is -2.32. The molecule has 34 heavy (non-hydrogen) atoms. The van der Waals surface area contributed by atoms with Crippen molar-refractivity contribution in [3.63, 3.8) is 0 Å². The van der Waals surface area contributed by atoms with Gasteiger partial charge >= 0.3 is 0 Å². The van der Waals surface area contributed by atoms with E-state index in [9.17, 15) is 9.59 Å². The number of nitrogens with zero attached hydrogens (tertiary/aromatic N) is 1. The number of benzene rings is 2. The first-order chi connectivity index (χ1) is 16.4. The van der Waals surface area contributed by atoms with Crippen molar-refractivity contribution in [3.05, 3.63) is 57.5 Å². The van der Waals surface area contributed by atoms with Gasteiger partial charge in [0.05, 0.1) is 12.1 Å². The zero-order valence-corrected chi connectivity index (χ0v) is 22.0. The Kier molecular flexibility index (Phi) is 10.1. The van der Waals surface area contributed by atoms with Gasteiger partial charge in [-0.15, -0.1) is 0 Å². The van der Waals surface area contributed by atoms with Gasteiger partial charge in [0, 0.05) is 17.1 Å². The van der Waals surface area contributed by atoms with Crippen molar-refractivity contribution in [3.8, 4) is 11.5 Å². The minimum Gasteiger partial charge on any atom is -0.497 e. The predicted octanol–water partition coefficient (Wildman–Crippen LogP) is 5.75. The maximum atomic E-state index is 13.4. The number of hydrogen-bond donors (Lipinski definition) is 1. The van der Waals surface area contributed by atoms with Crippen LogP contribution in [-0.2, 0) is 16.1 Å². The lowest BCUT2D eigenvalue weighted by Crippen LogP contribution is -2.52. The van der Waals surface area contributed by atoms with E-state index < -0.39 is 6.04 Å². The van der Waals surface area contributed by atoms with Crippen LogP contribution in [0.2, 0.25) is 5.02 Å². The number of nitrogens with one attached hydrogen (secondary N) is 1. The van der Waals surface area contributed by atoms with Crippen LogP contribution in [0.15, 0.2) is 46.9 Å². The van der Waals surface area contributed by atoms with E-state index in [1.165, 1.54) is 6.42 Å². The summed E-state index contributed by atoms with van der Waals surface area (Å²) in [6.45, 7) is 1.96. The molecule has 0 aliphatic heterocycles. The van der Waals surface area contributed by atoms with Gasteiger partial charge in [0.15, 0.2) is 6.61 Å². The molecule has 2 aromatic carbocycles. The second-order valence-corrected chi connectivity index (χ2v) is 9.83. The maximum Gasteiger partial charge on any atom is 0.261 e. The van der Waals surface area contributed by atoms with Crippen molar-refractivity contribution >= 4 is 39.3 Å². The summed E-state index contributed by atoms with van der Waals surface area (Å²) in [6, 6.07) is 12.3. The molecular weight excluding hydrogens is 520 g/mol. The van der Waals surface area contributed by atoms with E-state index in [-0.39, 0.29) is 31.0 Å². The number of carbonyl (C=O) groups is 2. The predicted molar refractivity (Wildman–Crippen MR) is 137 cm³/mol. The van der Waals surface area contributed by atoms with Gasteiger partial charge in [-0.05, 0) is 55.2 Å². The molecule has 1 aliphatic rings. The minimum absolute atomic E-state index is 0.118. The third kappa shape index (κ3) is 7.37. The molecule has 1 unspecified atom stereocenters. The van der Waals surface area contributed by atoms with Crippen LogP contribution >= 0.6 is 27.5 Å². The van der Waals surface area contributed by atoms with Crippen molar-refractivity contribution < 1.29 is 19.1 Å². The summed E-state index contributed by atoms with van der Waals surface area (Å²) in [5.41, 5.74) is 0.873. The first-order valence-electron chi connectivity index (χ1n) is 11.7. The Balaban J connectivity index is 1.78. The Morgan fingerprint density at radius 2 is 1.94 bits per heavy atom. The largest absolute Gasteiger partial charge is 0.497 e. The highest BCUT2D eigenvalue weighted by Crippen LogP contribution is 2.28. The Hall–Kier alpha value is -2.25. The summed E-state index contributed by atoms with van der Waals surface area (Å²) in [4.78, 5) is 28.3. The Morgan fingerprint density at radius 3 is 2.62 bits per heavy atom. The zero-order chi connectivity index (χ0) is 24.5. The van der Waals surface area contributed by atoms with Gasteiger partial charge in [0.2, 0.25) is 5.91 Å². The van der Waals surface area contributed by atoms with Gasteiger partial charge in [-0.1, -0.05) is 65.8 Å². The Labute approximate surface area is 215 Å². The molecule has 1 N–H and O–H groups in total. The lowest BCUT2D eigenvalue weighted by molar-refractivity contribution is -0.143. The number of halogens is 2. The average Bonchev–Trinajstić information content (AvgIpc) is 2.84. The van der Waals surface area contributed by atoms with E-state index in [2.05, 4.69) is 21.2 Å². The minimum atomic E-state index is -0.607. The molecule has 1 atom stereocenters. The molecule has 0 bridgehead atoms. The fourth-order valence-electron chi connectivity index (χ4n) is 4.25. The fraction of sp³-hybridized carbons (Fsp3) is 0.462. The van der Waals surface area contributed by atoms with Crippen LogP contribution in [0.25, 0.3) is 0 Å². The summed E-state index contributed by atoms with van der Waals surface area (Å²) < 4.78 is 11.9. The van der Waals surface area contributed by atoms with E-state index in [0.29, 0.717) is 22.9 Å². The van der Waals surface area contributed by atoms with Crippen LogP contribution in [0.3, 0.4) is 0 Å². The molecule has 0 saturated heterocycles. The summed E-state index contributed by atoms with van der Waals surface area (Å²) in [5, 5.41) is 3.58. The number of carbonyl (C=O) groups excluding carboxylic acids is 2.